The van der Waals surface area contributed by atoms with E-state index >= 15 is 0 Å². The molecule has 2 atom stereocenters. The smallest absolute Gasteiger partial charge is 0.127 e. The Bertz CT molecular complexity index is 205. The third-order valence-corrected chi connectivity index (χ3v) is 3.86. The van der Waals surface area contributed by atoms with Crippen LogP contribution in [0, 0.1) is 11.3 Å². The summed E-state index contributed by atoms with van der Waals surface area (Å²) in [5.74, 6) is 0.853. The van der Waals surface area contributed by atoms with Gasteiger partial charge in [0.05, 0.1) is 0 Å². The molecule has 0 amide bonds. The van der Waals surface area contributed by atoms with Gasteiger partial charge in [-0.3, -0.25) is 0 Å². The summed E-state index contributed by atoms with van der Waals surface area (Å²) in [5.41, 5.74) is -0.129. The van der Waals surface area contributed by atoms with E-state index in [1.807, 2.05) is 0 Å². The second-order valence-electron chi connectivity index (χ2n) is 5.28. The summed E-state index contributed by atoms with van der Waals surface area (Å²) < 4.78 is 0. The van der Waals surface area contributed by atoms with E-state index in [1.54, 1.807) is 0 Å². The van der Waals surface area contributed by atoms with Gasteiger partial charge in [0.15, 0.2) is 0 Å². The lowest BCUT2D eigenvalue weighted by atomic mass is 9.87. The second kappa shape index (κ2) is 5.64. The van der Waals surface area contributed by atoms with E-state index in [0.29, 0.717) is 0 Å². The molecule has 0 aliphatic carbocycles. The minimum Gasteiger partial charge on any atom is -0.303 e. The van der Waals surface area contributed by atoms with Gasteiger partial charge >= 0.3 is 0 Å². The maximum Gasteiger partial charge on any atom is 0.127 e. The molecule has 0 bridgehead atoms. The van der Waals surface area contributed by atoms with E-state index in [4.69, 9.17) is 0 Å². The Balaban J connectivity index is 2.46. The molecule has 1 saturated heterocycles. The zero-order valence-corrected chi connectivity index (χ0v) is 10.5. The summed E-state index contributed by atoms with van der Waals surface area (Å²) >= 11 is 0. The van der Waals surface area contributed by atoms with Gasteiger partial charge in [-0.05, 0) is 31.7 Å². The Hall–Kier alpha value is -0.370. The number of rotatable bonds is 5. The summed E-state index contributed by atoms with van der Waals surface area (Å²) in [4.78, 5) is 13.5. The molecule has 1 fully saturated rings. The predicted molar refractivity (Wildman–Crippen MR) is 63.9 cm³/mol. The van der Waals surface area contributed by atoms with Crippen LogP contribution < -0.4 is 0 Å². The minimum atomic E-state index is -0.129. The van der Waals surface area contributed by atoms with Gasteiger partial charge in [-0.2, -0.15) is 0 Å². The quantitative estimate of drug-likeness (QED) is 0.652. The molecule has 15 heavy (non-hydrogen) atoms. The monoisotopic (exact) mass is 211 g/mol. The molecule has 88 valence electrons. The van der Waals surface area contributed by atoms with Crippen molar-refractivity contribution in [3.8, 4) is 0 Å². The highest BCUT2D eigenvalue weighted by molar-refractivity contribution is 5.58. The van der Waals surface area contributed by atoms with Gasteiger partial charge in [-0.1, -0.05) is 27.2 Å². The van der Waals surface area contributed by atoms with Gasteiger partial charge in [0.2, 0.25) is 0 Å². The van der Waals surface area contributed by atoms with Gasteiger partial charge in [-0.25, -0.2) is 0 Å². The van der Waals surface area contributed by atoms with Crippen LogP contribution in [0.5, 0.6) is 0 Å². The van der Waals surface area contributed by atoms with E-state index < -0.39 is 0 Å². The number of hydrogen-bond acceptors (Lipinski definition) is 2. The number of aldehydes is 1. The predicted octanol–water partition coefficient (Wildman–Crippen LogP) is 2.72. The molecule has 2 unspecified atom stereocenters. The van der Waals surface area contributed by atoms with E-state index in [2.05, 4.69) is 25.7 Å². The summed E-state index contributed by atoms with van der Waals surface area (Å²) in [7, 11) is 0. The standard InChI is InChI=1S/C13H25NO/c1-4-12-7-6-8-14(9-12)10-13(3,5-2)11-15/h11-12H,4-10H2,1-3H3. The Morgan fingerprint density at radius 3 is 2.73 bits per heavy atom. The van der Waals surface area contributed by atoms with Crippen LogP contribution in [-0.2, 0) is 4.79 Å². The highest BCUT2D eigenvalue weighted by atomic mass is 16.1. The van der Waals surface area contributed by atoms with Crippen molar-refractivity contribution in [2.75, 3.05) is 19.6 Å². The molecule has 0 aromatic rings. The molecule has 0 aromatic carbocycles. The Morgan fingerprint density at radius 1 is 1.47 bits per heavy atom. The van der Waals surface area contributed by atoms with Crippen LogP contribution in [0.15, 0.2) is 0 Å². The van der Waals surface area contributed by atoms with Crippen molar-refractivity contribution in [1.82, 2.24) is 4.90 Å². The van der Waals surface area contributed by atoms with Crippen LogP contribution in [0.2, 0.25) is 0 Å². The van der Waals surface area contributed by atoms with Crippen LogP contribution >= 0.6 is 0 Å². The number of carbonyl (C=O) groups is 1. The highest BCUT2D eigenvalue weighted by Crippen LogP contribution is 2.25. The summed E-state index contributed by atoms with van der Waals surface area (Å²) in [6.45, 7) is 9.78. The van der Waals surface area contributed by atoms with Crippen LogP contribution in [0.4, 0.5) is 0 Å². The molecule has 2 nitrogen and oxygen atoms in total. The second-order valence-corrected chi connectivity index (χ2v) is 5.28. The molecule has 1 aliphatic heterocycles. The maximum atomic E-state index is 11.1. The van der Waals surface area contributed by atoms with Crippen LogP contribution in [-0.4, -0.2) is 30.8 Å². The Kier molecular flexibility index (Phi) is 4.78. The summed E-state index contributed by atoms with van der Waals surface area (Å²) in [6.07, 6.45) is 6.04. The lowest BCUT2D eigenvalue weighted by Crippen LogP contribution is -2.42. The highest BCUT2D eigenvalue weighted by Gasteiger charge is 2.27. The number of piperidine rings is 1. The van der Waals surface area contributed by atoms with Gasteiger partial charge in [0, 0.05) is 18.5 Å². The first-order valence-corrected chi connectivity index (χ1v) is 6.32. The average molecular weight is 211 g/mol. The topological polar surface area (TPSA) is 20.3 Å². The largest absolute Gasteiger partial charge is 0.303 e. The fourth-order valence-corrected chi connectivity index (χ4v) is 2.37. The number of hydrogen-bond donors (Lipinski definition) is 0. The van der Waals surface area contributed by atoms with Crippen molar-refractivity contribution in [1.29, 1.82) is 0 Å². The molecule has 2 heteroatoms. The summed E-state index contributed by atoms with van der Waals surface area (Å²) in [6, 6.07) is 0. The van der Waals surface area contributed by atoms with Gasteiger partial charge in [0.25, 0.3) is 0 Å². The van der Waals surface area contributed by atoms with E-state index in [-0.39, 0.29) is 5.41 Å². The van der Waals surface area contributed by atoms with Crippen molar-refractivity contribution >= 4 is 6.29 Å². The molecular weight excluding hydrogens is 186 g/mol. The van der Waals surface area contributed by atoms with Crippen molar-refractivity contribution in [2.45, 2.75) is 46.5 Å². The lowest BCUT2D eigenvalue weighted by Gasteiger charge is -2.36. The normalized spacial score (nSPS) is 27.3. The van der Waals surface area contributed by atoms with Crippen LogP contribution in [0.25, 0.3) is 0 Å². The zero-order chi connectivity index (χ0) is 11.3. The molecule has 0 saturated carbocycles. The van der Waals surface area contributed by atoms with Crippen molar-refractivity contribution in [2.24, 2.45) is 11.3 Å². The molecule has 0 aromatic heterocycles. The molecule has 1 aliphatic rings. The first kappa shape index (κ1) is 12.7. The fourth-order valence-electron chi connectivity index (χ4n) is 2.37. The lowest BCUT2D eigenvalue weighted by molar-refractivity contribution is -0.116. The SMILES string of the molecule is CCC1CCCN(CC(C)(C=O)CC)C1. The fraction of sp³-hybridized carbons (Fsp3) is 0.923. The number of nitrogens with zero attached hydrogens (tertiary/aromatic N) is 1. The van der Waals surface area contributed by atoms with Gasteiger partial charge < -0.3 is 9.69 Å². The molecule has 0 spiro atoms. The number of carbonyl (C=O) groups excluding carboxylic acids is 1. The molecule has 1 rings (SSSR count). The van der Waals surface area contributed by atoms with E-state index in [9.17, 15) is 4.79 Å². The molecular formula is C13H25NO. The van der Waals surface area contributed by atoms with Crippen LogP contribution in [0.3, 0.4) is 0 Å². The van der Waals surface area contributed by atoms with Crippen molar-refractivity contribution < 1.29 is 4.79 Å². The van der Waals surface area contributed by atoms with Crippen molar-refractivity contribution in [3.05, 3.63) is 0 Å². The molecule has 0 N–H and O–H groups in total. The van der Waals surface area contributed by atoms with Gasteiger partial charge in [0.1, 0.15) is 6.29 Å². The van der Waals surface area contributed by atoms with E-state index in [0.717, 1.165) is 25.2 Å². The maximum absolute atomic E-state index is 11.1. The zero-order valence-electron chi connectivity index (χ0n) is 10.5. The van der Waals surface area contributed by atoms with E-state index in [1.165, 1.54) is 32.4 Å². The van der Waals surface area contributed by atoms with Gasteiger partial charge in [-0.15, -0.1) is 0 Å². The Morgan fingerprint density at radius 2 is 2.20 bits per heavy atom. The third kappa shape index (κ3) is 3.60. The third-order valence-electron chi connectivity index (χ3n) is 3.86. The van der Waals surface area contributed by atoms with Crippen LogP contribution in [0.1, 0.15) is 46.5 Å². The Labute approximate surface area is 94.0 Å². The first-order valence-electron chi connectivity index (χ1n) is 6.32. The average Bonchev–Trinajstić information content (AvgIpc) is 2.29. The minimum absolute atomic E-state index is 0.129. The molecule has 0 radical (unpaired) electrons. The summed E-state index contributed by atoms with van der Waals surface area (Å²) in [5, 5.41) is 0. The molecule has 1 heterocycles. The first-order chi connectivity index (χ1) is 7.13. The number of likely N-dealkylation sites (tertiary alicyclic amines) is 1. The van der Waals surface area contributed by atoms with Crippen molar-refractivity contribution in [3.63, 3.8) is 0 Å².